The molecular formula is C23H27N3O2S. The fourth-order valence-corrected chi connectivity index (χ4v) is 5.14. The van der Waals surface area contributed by atoms with Crippen LogP contribution < -0.4 is 5.32 Å². The van der Waals surface area contributed by atoms with Crippen molar-refractivity contribution >= 4 is 33.1 Å². The molecule has 3 aromatic rings. The molecule has 5 nitrogen and oxygen atoms in total. The minimum Gasteiger partial charge on any atom is -0.386 e. The molecule has 0 radical (unpaired) electrons. The number of amides is 1. The number of fused-ring (bicyclic) bond motifs is 1. The van der Waals surface area contributed by atoms with Crippen LogP contribution in [0.15, 0.2) is 30.3 Å². The second-order valence-corrected chi connectivity index (χ2v) is 9.49. The van der Waals surface area contributed by atoms with Crippen molar-refractivity contribution < 1.29 is 9.90 Å². The highest BCUT2D eigenvalue weighted by Crippen LogP contribution is 2.39. The van der Waals surface area contributed by atoms with Gasteiger partial charge in [-0.15, -0.1) is 11.3 Å². The van der Waals surface area contributed by atoms with Crippen molar-refractivity contribution in [3.05, 3.63) is 52.3 Å². The molecule has 0 spiro atoms. The van der Waals surface area contributed by atoms with Crippen molar-refractivity contribution in [2.24, 2.45) is 0 Å². The molecule has 0 bridgehead atoms. The predicted octanol–water partition coefficient (Wildman–Crippen LogP) is 5.53. The second kappa shape index (κ2) is 7.84. The Kier molecular flexibility index (Phi) is 5.40. The van der Waals surface area contributed by atoms with Crippen LogP contribution in [0.4, 0.5) is 5.69 Å². The van der Waals surface area contributed by atoms with Crippen molar-refractivity contribution in [3.8, 4) is 0 Å². The number of carbonyl (C=O) groups excluding carboxylic acids is 1. The summed E-state index contributed by atoms with van der Waals surface area (Å²) in [4.78, 5) is 22.0. The number of rotatable bonds is 4. The van der Waals surface area contributed by atoms with Crippen LogP contribution in [0, 0.1) is 6.92 Å². The zero-order valence-electron chi connectivity index (χ0n) is 17.2. The molecule has 0 aliphatic heterocycles. The van der Waals surface area contributed by atoms with E-state index in [9.17, 15) is 9.90 Å². The van der Waals surface area contributed by atoms with Gasteiger partial charge in [-0.3, -0.25) is 4.79 Å². The molecule has 4 rings (SSSR count). The quantitative estimate of drug-likeness (QED) is 0.594. The molecule has 1 amide bonds. The van der Waals surface area contributed by atoms with Gasteiger partial charge in [0.05, 0.1) is 20.8 Å². The maximum absolute atomic E-state index is 12.8. The molecule has 2 aromatic heterocycles. The summed E-state index contributed by atoms with van der Waals surface area (Å²) < 4.78 is 1.03. The number of aliphatic hydroxyl groups is 1. The Morgan fingerprint density at radius 2 is 1.93 bits per heavy atom. The van der Waals surface area contributed by atoms with E-state index in [2.05, 4.69) is 10.3 Å². The average molecular weight is 410 g/mol. The number of aryl methyl sites for hydroxylation is 1. The molecule has 152 valence electrons. The molecule has 1 aromatic carbocycles. The summed E-state index contributed by atoms with van der Waals surface area (Å²) in [6, 6.07) is 9.22. The first-order valence-corrected chi connectivity index (χ1v) is 11.1. The minimum absolute atomic E-state index is 0.282. The lowest BCUT2D eigenvalue weighted by Gasteiger charge is -2.22. The van der Waals surface area contributed by atoms with Crippen molar-refractivity contribution in [2.75, 3.05) is 5.32 Å². The van der Waals surface area contributed by atoms with Gasteiger partial charge in [-0.25, -0.2) is 9.97 Å². The summed E-state index contributed by atoms with van der Waals surface area (Å²) in [5.41, 5.74) is 2.20. The van der Waals surface area contributed by atoms with Gasteiger partial charge in [0.25, 0.3) is 5.91 Å². The fourth-order valence-electron chi connectivity index (χ4n) is 3.98. The van der Waals surface area contributed by atoms with E-state index in [0.717, 1.165) is 15.9 Å². The van der Waals surface area contributed by atoms with Gasteiger partial charge in [-0.05, 0) is 57.9 Å². The van der Waals surface area contributed by atoms with Gasteiger partial charge in [0.2, 0.25) is 0 Å². The van der Waals surface area contributed by atoms with Crippen molar-refractivity contribution in [2.45, 2.75) is 64.4 Å². The van der Waals surface area contributed by atoms with E-state index in [1.54, 1.807) is 31.3 Å². The molecule has 1 fully saturated rings. The zero-order chi connectivity index (χ0) is 20.6. The first-order valence-electron chi connectivity index (χ1n) is 10.2. The van der Waals surface area contributed by atoms with Crippen molar-refractivity contribution in [1.82, 2.24) is 9.97 Å². The molecule has 1 saturated carbocycles. The SMILES string of the molecule is Cc1cccc(C(=O)Nc2cc3sc(C4CCCCC4)nc3cc2C(C)(C)O)n1. The predicted molar refractivity (Wildman–Crippen MR) is 118 cm³/mol. The molecule has 2 N–H and O–H groups in total. The standard InChI is InChI=1S/C23H27N3O2S/c1-14-8-7-11-17(24-14)21(27)25-18-13-20-19(12-16(18)23(2,3)28)26-22(29-20)15-9-5-4-6-10-15/h7-8,11-13,15,28H,4-6,9-10H2,1-3H3,(H,25,27). The minimum atomic E-state index is -1.11. The van der Waals surface area contributed by atoms with E-state index in [0.29, 0.717) is 22.9 Å². The van der Waals surface area contributed by atoms with Crippen LogP contribution in [0.25, 0.3) is 10.2 Å². The topological polar surface area (TPSA) is 75.1 Å². The number of carbonyl (C=O) groups is 1. The molecule has 6 heteroatoms. The number of anilines is 1. The largest absolute Gasteiger partial charge is 0.386 e. The monoisotopic (exact) mass is 409 g/mol. The summed E-state index contributed by atoms with van der Waals surface area (Å²) in [6.07, 6.45) is 6.23. The zero-order valence-corrected chi connectivity index (χ0v) is 18.0. The Labute approximate surface area is 175 Å². The van der Waals surface area contributed by atoms with Gasteiger partial charge >= 0.3 is 0 Å². The van der Waals surface area contributed by atoms with Gasteiger partial charge in [-0.2, -0.15) is 0 Å². The van der Waals surface area contributed by atoms with Gasteiger partial charge < -0.3 is 10.4 Å². The van der Waals surface area contributed by atoms with Gasteiger partial charge in [0.1, 0.15) is 5.69 Å². The Balaban J connectivity index is 1.72. The molecule has 1 aliphatic rings. The molecule has 29 heavy (non-hydrogen) atoms. The Bertz CT molecular complexity index is 1050. The Hall–Kier alpha value is -2.31. The van der Waals surface area contributed by atoms with Gasteiger partial charge in [0, 0.05) is 22.9 Å². The third-order valence-electron chi connectivity index (χ3n) is 5.53. The number of benzene rings is 1. The van der Waals surface area contributed by atoms with E-state index in [-0.39, 0.29) is 5.91 Å². The lowest BCUT2D eigenvalue weighted by Crippen LogP contribution is -2.21. The molecule has 1 aliphatic carbocycles. The number of aromatic nitrogens is 2. The lowest BCUT2D eigenvalue weighted by molar-refractivity contribution is 0.0794. The summed E-state index contributed by atoms with van der Waals surface area (Å²) >= 11 is 1.70. The number of pyridine rings is 1. The average Bonchev–Trinajstić information content (AvgIpc) is 3.10. The maximum Gasteiger partial charge on any atom is 0.274 e. The molecule has 0 atom stereocenters. The second-order valence-electron chi connectivity index (χ2n) is 8.43. The summed E-state index contributed by atoms with van der Waals surface area (Å²) in [7, 11) is 0. The number of nitrogens with one attached hydrogen (secondary N) is 1. The molecular weight excluding hydrogens is 382 g/mol. The highest BCUT2D eigenvalue weighted by Gasteiger charge is 2.25. The van der Waals surface area contributed by atoms with E-state index in [1.165, 1.54) is 37.1 Å². The lowest BCUT2D eigenvalue weighted by atomic mass is 9.90. The number of nitrogens with zero attached hydrogens (tertiary/aromatic N) is 2. The highest BCUT2D eigenvalue weighted by molar-refractivity contribution is 7.18. The molecule has 0 saturated heterocycles. The van der Waals surface area contributed by atoms with Crippen LogP contribution in [0.3, 0.4) is 0 Å². The van der Waals surface area contributed by atoms with Crippen LogP contribution in [0.1, 0.15) is 78.6 Å². The first kappa shape index (κ1) is 20.0. The van der Waals surface area contributed by atoms with Crippen molar-refractivity contribution in [1.29, 1.82) is 0 Å². The fraction of sp³-hybridized carbons (Fsp3) is 0.435. The Morgan fingerprint density at radius 3 is 2.62 bits per heavy atom. The smallest absolute Gasteiger partial charge is 0.274 e. The number of hydrogen-bond acceptors (Lipinski definition) is 5. The third-order valence-corrected chi connectivity index (χ3v) is 6.71. The van der Waals surface area contributed by atoms with E-state index < -0.39 is 5.60 Å². The van der Waals surface area contributed by atoms with E-state index in [1.807, 2.05) is 31.2 Å². The number of hydrogen-bond donors (Lipinski definition) is 2. The van der Waals surface area contributed by atoms with Crippen molar-refractivity contribution in [3.63, 3.8) is 0 Å². The highest BCUT2D eigenvalue weighted by atomic mass is 32.1. The van der Waals surface area contributed by atoms with E-state index in [4.69, 9.17) is 4.98 Å². The van der Waals surface area contributed by atoms with Crippen LogP contribution in [-0.4, -0.2) is 21.0 Å². The maximum atomic E-state index is 12.8. The molecule has 0 unspecified atom stereocenters. The van der Waals surface area contributed by atoms with Gasteiger partial charge in [0.15, 0.2) is 0 Å². The third kappa shape index (κ3) is 4.33. The first-order chi connectivity index (χ1) is 13.8. The van der Waals surface area contributed by atoms with Crippen LogP contribution in [-0.2, 0) is 5.60 Å². The van der Waals surface area contributed by atoms with Crippen LogP contribution in [0.5, 0.6) is 0 Å². The Morgan fingerprint density at radius 1 is 1.17 bits per heavy atom. The van der Waals surface area contributed by atoms with Crippen LogP contribution in [0.2, 0.25) is 0 Å². The summed E-state index contributed by atoms with van der Waals surface area (Å²) in [5.74, 6) is 0.247. The van der Waals surface area contributed by atoms with Crippen LogP contribution >= 0.6 is 11.3 Å². The van der Waals surface area contributed by atoms with E-state index >= 15 is 0 Å². The van der Waals surface area contributed by atoms with Gasteiger partial charge in [-0.1, -0.05) is 25.3 Å². The number of thiazole rings is 1. The summed E-state index contributed by atoms with van der Waals surface area (Å²) in [6.45, 7) is 5.31. The summed E-state index contributed by atoms with van der Waals surface area (Å²) in [5, 5.41) is 14.9. The normalized spacial score (nSPS) is 15.6. The molecule has 2 heterocycles.